The van der Waals surface area contributed by atoms with Crippen molar-refractivity contribution in [3.8, 4) is 5.75 Å². The fraction of sp³-hybridized carbons (Fsp3) is 0.531. The van der Waals surface area contributed by atoms with Crippen LogP contribution in [0.5, 0.6) is 5.75 Å². The van der Waals surface area contributed by atoms with Crippen molar-refractivity contribution in [1.82, 2.24) is 10.2 Å². The minimum atomic E-state index is -2.14. The highest BCUT2D eigenvalue weighted by Gasteiger charge is 2.55. The molecular formula is C32H38N2O5. The van der Waals surface area contributed by atoms with Crippen molar-refractivity contribution in [2.45, 2.75) is 63.0 Å². The van der Waals surface area contributed by atoms with E-state index in [0.717, 1.165) is 25.7 Å². The van der Waals surface area contributed by atoms with Gasteiger partial charge >= 0.3 is 0 Å². The second-order valence-electron chi connectivity index (χ2n) is 12.3. The number of carbonyl (C=O) groups excluding carboxylic acids is 3. The third kappa shape index (κ3) is 4.59. The van der Waals surface area contributed by atoms with Gasteiger partial charge in [-0.1, -0.05) is 48.5 Å². The molecule has 5 aliphatic rings. The summed E-state index contributed by atoms with van der Waals surface area (Å²) >= 11 is 0. The fourth-order valence-electron chi connectivity index (χ4n) is 8.43. The number of rotatable bonds is 8. The highest BCUT2D eigenvalue weighted by molar-refractivity contribution is 6.04. The van der Waals surface area contributed by atoms with E-state index in [9.17, 15) is 19.5 Å². The van der Waals surface area contributed by atoms with Crippen LogP contribution in [0.4, 0.5) is 0 Å². The summed E-state index contributed by atoms with van der Waals surface area (Å²) in [5, 5.41) is 14.4. The number of para-hydroxylation sites is 1. The van der Waals surface area contributed by atoms with Crippen molar-refractivity contribution < 1.29 is 24.2 Å². The summed E-state index contributed by atoms with van der Waals surface area (Å²) in [6.45, 7) is 0.910. The van der Waals surface area contributed by atoms with Crippen LogP contribution in [0.1, 0.15) is 62.5 Å². The van der Waals surface area contributed by atoms with Gasteiger partial charge < -0.3 is 9.84 Å². The number of nitrogens with one attached hydrogen (secondary N) is 1. The van der Waals surface area contributed by atoms with E-state index < -0.39 is 23.5 Å². The van der Waals surface area contributed by atoms with Crippen LogP contribution in [0.2, 0.25) is 0 Å². The Bertz CT molecular complexity index is 1220. The summed E-state index contributed by atoms with van der Waals surface area (Å²) in [5.74, 6) is 1.36. The maximum absolute atomic E-state index is 13.7. The molecule has 1 heterocycles. The highest BCUT2D eigenvalue weighted by Crippen LogP contribution is 2.60. The van der Waals surface area contributed by atoms with Crippen LogP contribution in [0.15, 0.2) is 54.6 Å². The number of amides is 2. The molecule has 206 valence electrons. The van der Waals surface area contributed by atoms with Crippen molar-refractivity contribution in [1.29, 1.82) is 0 Å². The molecule has 1 unspecified atom stereocenters. The molecule has 39 heavy (non-hydrogen) atoms. The van der Waals surface area contributed by atoms with Crippen molar-refractivity contribution >= 4 is 17.6 Å². The lowest BCUT2D eigenvalue weighted by Crippen LogP contribution is -2.55. The van der Waals surface area contributed by atoms with Crippen LogP contribution in [-0.4, -0.2) is 53.8 Å². The zero-order valence-electron chi connectivity index (χ0n) is 22.6. The lowest BCUT2D eigenvalue weighted by molar-refractivity contribution is -0.146. The number of carbonyl (C=O) groups is 3. The van der Waals surface area contributed by atoms with Gasteiger partial charge in [0, 0.05) is 11.0 Å². The fourth-order valence-corrected chi connectivity index (χ4v) is 8.43. The number of Topliss-reactive ketones (excluding diaryl/α,β-unsaturated/α-hetero) is 1. The molecule has 0 spiro atoms. The Morgan fingerprint density at radius 3 is 2.23 bits per heavy atom. The van der Waals surface area contributed by atoms with Crippen LogP contribution in [0.3, 0.4) is 0 Å². The van der Waals surface area contributed by atoms with Crippen LogP contribution in [-0.2, 0) is 20.0 Å². The number of imide groups is 1. The number of aliphatic hydroxyl groups is 1. The third-order valence-corrected chi connectivity index (χ3v) is 9.90. The Hall–Kier alpha value is -3.03. The predicted molar refractivity (Wildman–Crippen MR) is 146 cm³/mol. The van der Waals surface area contributed by atoms with Crippen molar-refractivity contribution in [3.05, 3.63) is 65.7 Å². The van der Waals surface area contributed by atoms with Gasteiger partial charge in [0.1, 0.15) is 5.75 Å². The highest BCUT2D eigenvalue weighted by atomic mass is 16.5. The first kappa shape index (κ1) is 26.2. The quantitative estimate of drug-likeness (QED) is 0.539. The maximum Gasteiger partial charge on any atom is 0.268 e. The number of ether oxygens (including phenoxy) is 1. The Labute approximate surface area is 229 Å². The molecule has 4 saturated carbocycles. The number of likely N-dealkylation sites (tertiary alicyclic amines) is 1. The predicted octanol–water partition coefficient (Wildman–Crippen LogP) is 3.82. The number of methoxy groups -OCH3 is 1. The molecule has 7 nitrogen and oxygen atoms in total. The number of nitrogens with zero attached hydrogens (tertiary/aromatic N) is 1. The van der Waals surface area contributed by atoms with E-state index in [1.54, 1.807) is 54.6 Å². The van der Waals surface area contributed by atoms with Crippen LogP contribution in [0.25, 0.3) is 0 Å². The first-order chi connectivity index (χ1) is 18.8. The second-order valence-corrected chi connectivity index (χ2v) is 12.3. The standard InChI is InChI=1S/C32H38N2O5/c1-39-27-12-6-5-10-25(27)32(38,24-8-3-2-4-9-24)30(37)33-29(36)26-11-7-13-34(26)20-28(35)31-17-21-14-22(18-31)16-23(15-21)19-31/h2-6,8-10,12,21-23,26,38H,7,11,13-20H2,1H3,(H,33,36,37)/t21?,22?,23?,26-,31?,32?/m0/s1. The van der Waals surface area contributed by atoms with Gasteiger partial charge in [-0.2, -0.15) is 0 Å². The molecule has 2 amide bonds. The number of hydrogen-bond acceptors (Lipinski definition) is 6. The van der Waals surface area contributed by atoms with E-state index in [4.69, 9.17) is 4.74 Å². The van der Waals surface area contributed by atoms with Crippen molar-refractivity contribution in [2.75, 3.05) is 20.2 Å². The van der Waals surface area contributed by atoms with Gasteiger partial charge in [-0.3, -0.25) is 24.6 Å². The summed E-state index contributed by atoms with van der Waals surface area (Å²) in [6, 6.07) is 14.8. The van der Waals surface area contributed by atoms with Crippen LogP contribution < -0.4 is 10.1 Å². The molecule has 2 aromatic rings. The SMILES string of the molecule is COc1ccccc1C(O)(C(=O)NC(=O)[C@@H]1CCCN1CC(=O)C12CC3CC(CC(C3)C1)C2)c1ccccc1. The Kier molecular flexibility index (Phi) is 6.84. The molecule has 2 aromatic carbocycles. The Balaban J connectivity index is 1.20. The van der Waals surface area contributed by atoms with Gasteiger partial charge in [-0.15, -0.1) is 0 Å². The minimum absolute atomic E-state index is 0.217. The zero-order chi connectivity index (χ0) is 27.2. The Morgan fingerprint density at radius 2 is 1.59 bits per heavy atom. The summed E-state index contributed by atoms with van der Waals surface area (Å²) in [6.07, 6.45) is 8.21. The van der Waals surface area contributed by atoms with E-state index in [1.807, 2.05) is 4.90 Å². The van der Waals surface area contributed by atoms with Crippen LogP contribution >= 0.6 is 0 Å². The largest absolute Gasteiger partial charge is 0.496 e. The molecular weight excluding hydrogens is 492 g/mol. The van der Waals surface area contributed by atoms with E-state index >= 15 is 0 Å². The zero-order valence-corrected chi connectivity index (χ0v) is 22.6. The van der Waals surface area contributed by atoms with E-state index in [0.29, 0.717) is 42.0 Å². The molecule has 4 aliphatic carbocycles. The molecule has 2 atom stereocenters. The number of ketones is 1. The second kappa shape index (κ2) is 10.2. The van der Waals surface area contributed by atoms with E-state index in [2.05, 4.69) is 5.32 Å². The number of hydrogen-bond donors (Lipinski definition) is 2. The average molecular weight is 531 g/mol. The lowest BCUT2D eigenvalue weighted by atomic mass is 9.48. The molecule has 5 fully saturated rings. The minimum Gasteiger partial charge on any atom is -0.496 e. The molecule has 1 aliphatic heterocycles. The van der Waals surface area contributed by atoms with Gasteiger partial charge in [0.05, 0.1) is 19.7 Å². The summed E-state index contributed by atoms with van der Waals surface area (Å²) < 4.78 is 5.46. The van der Waals surface area contributed by atoms with Crippen molar-refractivity contribution in [3.63, 3.8) is 0 Å². The topological polar surface area (TPSA) is 95.9 Å². The van der Waals surface area contributed by atoms with Gasteiger partial charge in [-0.05, 0) is 87.3 Å². The molecule has 0 radical (unpaired) electrons. The Morgan fingerprint density at radius 1 is 0.974 bits per heavy atom. The summed E-state index contributed by atoms with van der Waals surface area (Å²) in [7, 11) is 1.48. The van der Waals surface area contributed by atoms with E-state index in [1.165, 1.54) is 26.4 Å². The van der Waals surface area contributed by atoms with Crippen molar-refractivity contribution in [2.24, 2.45) is 23.2 Å². The number of benzene rings is 2. The molecule has 2 N–H and O–H groups in total. The lowest BCUT2D eigenvalue weighted by Gasteiger charge is -2.56. The summed E-state index contributed by atoms with van der Waals surface area (Å²) in [5.41, 5.74) is -1.77. The summed E-state index contributed by atoms with van der Waals surface area (Å²) in [4.78, 5) is 43.0. The molecule has 7 heteroatoms. The first-order valence-electron chi connectivity index (χ1n) is 14.4. The smallest absolute Gasteiger partial charge is 0.268 e. The third-order valence-electron chi connectivity index (χ3n) is 9.90. The van der Waals surface area contributed by atoms with Gasteiger partial charge in [0.2, 0.25) is 5.91 Å². The maximum atomic E-state index is 13.7. The first-order valence-corrected chi connectivity index (χ1v) is 14.4. The molecule has 0 aromatic heterocycles. The molecule has 7 rings (SSSR count). The van der Waals surface area contributed by atoms with Crippen LogP contribution in [0, 0.1) is 23.2 Å². The van der Waals surface area contributed by atoms with Gasteiger partial charge in [0.15, 0.2) is 11.4 Å². The van der Waals surface area contributed by atoms with Gasteiger partial charge in [-0.25, -0.2) is 0 Å². The average Bonchev–Trinajstić information content (AvgIpc) is 3.40. The monoisotopic (exact) mass is 530 g/mol. The molecule has 4 bridgehead atoms. The van der Waals surface area contributed by atoms with Gasteiger partial charge in [0.25, 0.3) is 5.91 Å². The molecule has 1 saturated heterocycles. The normalized spacial score (nSPS) is 31.0. The van der Waals surface area contributed by atoms with E-state index in [-0.39, 0.29) is 23.3 Å².